The first-order valence-electron chi connectivity index (χ1n) is 3.90. The molecule has 1 atom stereocenters. The molecular weight excluding hydrogens is 260 g/mol. The zero-order valence-electron chi connectivity index (χ0n) is 7.06. The molecule has 1 rings (SSSR count). The summed E-state index contributed by atoms with van der Waals surface area (Å²) in [6, 6.07) is -0.856. The molecular formula is C8H10BrF2NS. The van der Waals surface area contributed by atoms with E-state index in [1.807, 2.05) is 12.3 Å². The van der Waals surface area contributed by atoms with Crippen molar-refractivity contribution in [3.63, 3.8) is 0 Å². The van der Waals surface area contributed by atoms with Crippen LogP contribution in [0.3, 0.4) is 0 Å². The summed E-state index contributed by atoms with van der Waals surface area (Å²) in [6.45, 7) is 2.35. The third-order valence-electron chi connectivity index (χ3n) is 1.65. The van der Waals surface area contributed by atoms with Gasteiger partial charge in [-0.25, -0.2) is 8.78 Å². The Hall–Kier alpha value is -0.000000000000000111. The lowest BCUT2D eigenvalue weighted by Gasteiger charge is -2.16. The topological polar surface area (TPSA) is 12.0 Å². The fraction of sp³-hybridized carbons (Fsp3) is 0.500. The SMILES string of the molecule is CCNC(c1cscc1Br)C(F)F. The summed E-state index contributed by atoms with van der Waals surface area (Å²) < 4.78 is 25.9. The standard InChI is InChI=1S/C8H10BrF2NS/c1-2-12-7(8(10)11)5-3-13-4-6(5)9/h3-4,7-8,12H,2H2,1H3. The first-order valence-corrected chi connectivity index (χ1v) is 5.63. The average Bonchev–Trinajstić information content (AvgIpc) is 2.47. The highest BCUT2D eigenvalue weighted by Gasteiger charge is 2.23. The average molecular weight is 270 g/mol. The molecule has 0 bridgehead atoms. The second-order valence-corrected chi connectivity index (χ2v) is 4.14. The lowest BCUT2D eigenvalue weighted by Crippen LogP contribution is -2.26. The Morgan fingerprint density at radius 1 is 1.54 bits per heavy atom. The van der Waals surface area contributed by atoms with Crippen LogP contribution < -0.4 is 5.32 Å². The molecule has 1 N–H and O–H groups in total. The van der Waals surface area contributed by atoms with Crippen LogP contribution in [0.4, 0.5) is 8.78 Å². The predicted octanol–water partition coefficient (Wildman–Crippen LogP) is 3.43. The molecule has 1 nitrogen and oxygen atoms in total. The summed E-state index contributed by atoms with van der Waals surface area (Å²) in [6.07, 6.45) is -2.37. The maximum Gasteiger partial charge on any atom is 0.257 e. The largest absolute Gasteiger partial charge is 0.305 e. The summed E-state index contributed by atoms with van der Waals surface area (Å²) >= 11 is 4.66. The second kappa shape index (κ2) is 5.02. The Morgan fingerprint density at radius 2 is 2.23 bits per heavy atom. The monoisotopic (exact) mass is 269 g/mol. The van der Waals surface area contributed by atoms with E-state index < -0.39 is 12.5 Å². The Bertz CT molecular complexity index is 264. The van der Waals surface area contributed by atoms with E-state index in [4.69, 9.17) is 0 Å². The number of thiophene rings is 1. The second-order valence-electron chi connectivity index (χ2n) is 2.54. The van der Waals surface area contributed by atoms with Crippen molar-refractivity contribution in [2.45, 2.75) is 19.4 Å². The fourth-order valence-electron chi connectivity index (χ4n) is 1.07. The molecule has 0 radical (unpaired) electrons. The molecule has 1 heterocycles. The van der Waals surface area contributed by atoms with Crippen LogP contribution in [0.25, 0.3) is 0 Å². The van der Waals surface area contributed by atoms with Crippen molar-refractivity contribution in [1.82, 2.24) is 5.32 Å². The van der Waals surface area contributed by atoms with Gasteiger partial charge in [-0.3, -0.25) is 0 Å². The first kappa shape index (κ1) is 11.1. The van der Waals surface area contributed by atoms with Crippen LogP contribution in [-0.2, 0) is 0 Å². The van der Waals surface area contributed by atoms with Gasteiger partial charge in [-0.15, -0.1) is 0 Å². The van der Waals surface area contributed by atoms with Gasteiger partial charge in [-0.05, 0) is 33.4 Å². The summed E-state index contributed by atoms with van der Waals surface area (Å²) in [5, 5.41) is 6.30. The predicted molar refractivity (Wildman–Crippen MR) is 54.4 cm³/mol. The van der Waals surface area contributed by atoms with Crippen LogP contribution in [0.2, 0.25) is 0 Å². The Balaban J connectivity index is 2.82. The van der Waals surface area contributed by atoms with Gasteiger partial charge < -0.3 is 5.32 Å². The highest BCUT2D eigenvalue weighted by Crippen LogP contribution is 2.30. The summed E-state index contributed by atoms with van der Waals surface area (Å²) in [5.74, 6) is 0. The van der Waals surface area contributed by atoms with Gasteiger partial charge in [0, 0.05) is 9.85 Å². The molecule has 0 aliphatic heterocycles. The Morgan fingerprint density at radius 3 is 2.62 bits per heavy atom. The number of hydrogen-bond donors (Lipinski definition) is 1. The number of alkyl halides is 2. The molecule has 0 saturated heterocycles. The summed E-state index contributed by atoms with van der Waals surface area (Å²) in [4.78, 5) is 0. The first-order chi connectivity index (χ1) is 6.16. The molecule has 0 fully saturated rings. The quantitative estimate of drug-likeness (QED) is 0.883. The lowest BCUT2D eigenvalue weighted by atomic mass is 10.1. The zero-order chi connectivity index (χ0) is 9.84. The van der Waals surface area contributed by atoms with Crippen molar-refractivity contribution in [3.8, 4) is 0 Å². The lowest BCUT2D eigenvalue weighted by molar-refractivity contribution is 0.0992. The van der Waals surface area contributed by atoms with Crippen LogP contribution in [0.5, 0.6) is 0 Å². The van der Waals surface area contributed by atoms with Crippen LogP contribution in [0.1, 0.15) is 18.5 Å². The van der Waals surface area contributed by atoms with Gasteiger partial charge in [0.2, 0.25) is 0 Å². The normalized spacial score (nSPS) is 13.6. The van der Waals surface area contributed by atoms with Crippen molar-refractivity contribution in [2.75, 3.05) is 6.54 Å². The van der Waals surface area contributed by atoms with E-state index in [1.54, 1.807) is 5.38 Å². The highest BCUT2D eigenvalue weighted by atomic mass is 79.9. The van der Waals surface area contributed by atoms with Gasteiger partial charge in [-0.1, -0.05) is 6.92 Å². The maximum atomic E-state index is 12.6. The van der Waals surface area contributed by atoms with Crippen molar-refractivity contribution in [1.29, 1.82) is 0 Å². The minimum absolute atomic E-state index is 0.539. The van der Waals surface area contributed by atoms with E-state index in [-0.39, 0.29) is 0 Å². The molecule has 0 aliphatic rings. The molecule has 0 aliphatic carbocycles. The summed E-state index contributed by atoms with van der Waals surface area (Å²) in [5.41, 5.74) is 0.641. The minimum atomic E-state index is -2.37. The van der Waals surface area contributed by atoms with E-state index in [9.17, 15) is 8.78 Å². The third kappa shape index (κ3) is 2.72. The van der Waals surface area contributed by atoms with Crippen molar-refractivity contribution in [2.24, 2.45) is 0 Å². The van der Waals surface area contributed by atoms with Gasteiger partial charge in [-0.2, -0.15) is 11.3 Å². The van der Waals surface area contributed by atoms with Crippen LogP contribution in [0, 0.1) is 0 Å². The van der Waals surface area contributed by atoms with Gasteiger partial charge >= 0.3 is 0 Å². The molecule has 0 aromatic carbocycles. The van der Waals surface area contributed by atoms with Crippen LogP contribution in [-0.4, -0.2) is 13.0 Å². The Labute approximate surface area is 88.3 Å². The van der Waals surface area contributed by atoms with Crippen LogP contribution >= 0.6 is 27.3 Å². The molecule has 13 heavy (non-hydrogen) atoms. The van der Waals surface area contributed by atoms with Crippen molar-refractivity contribution in [3.05, 3.63) is 20.8 Å². The molecule has 0 amide bonds. The van der Waals surface area contributed by atoms with Gasteiger partial charge in [0.15, 0.2) is 0 Å². The fourth-order valence-corrected chi connectivity index (χ4v) is 2.65. The van der Waals surface area contributed by atoms with Crippen molar-refractivity contribution >= 4 is 27.3 Å². The molecule has 0 saturated carbocycles. The van der Waals surface area contributed by atoms with E-state index in [1.165, 1.54) is 11.3 Å². The van der Waals surface area contributed by atoms with E-state index in [0.29, 0.717) is 12.1 Å². The molecule has 1 aromatic rings. The number of rotatable bonds is 4. The van der Waals surface area contributed by atoms with Gasteiger partial charge in [0.1, 0.15) is 0 Å². The maximum absolute atomic E-state index is 12.6. The zero-order valence-corrected chi connectivity index (χ0v) is 9.46. The van der Waals surface area contributed by atoms with E-state index in [2.05, 4.69) is 21.2 Å². The number of hydrogen-bond acceptors (Lipinski definition) is 2. The summed E-state index contributed by atoms with van der Waals surface area (Å²) in [7, 11) is 0. The van der Waals surface area contributed by atoms with E-state index >= 15 is 0 Å². The smallest absolute Gasteiger partial charge is 0.257 e. The molecule has 1 aromatic heterocycles. The van der Waals surface area contributed by atoms with E-state index in [0.717, 1.165) is 4.47 Å². The number of nitrogens with one attached hydrogen (secondary N) is 1. The Kier molecular flexibility index (Phi) is 4.28. The van der Waals surface area contributed by atoms with Crippen LogP contribution in [0.15, 0.2) is 15.2 Å². The molecule has 0 spiro atoms. The minimum Gasteiger partial charge on any atom is -0.305 e. The third-order valence-corrected chi connectivity index (χ3v) is 3.40. The molecule has 1 unspecified atom stereocenters. The van der Waals surface area contributed by atoms with Gasteiger partial charge in [0.05, 0.1) is 6.04 Å². The molecule has 5 heteroatoms. The van der Waals surface area contributed by atoms with Gasteiger partial charge in [0.25, 0.3) is 6.43 Å². The number of halogens is 3. The molecule has 74 valence electrons. The van der Waals surface area contributed by atoms with Crippen molar-refractivity contribution < 1.29 is 8.78 Å². The highest BCUT2D eigenvalue weighted by molar-refractivity contribution is 9.10.